The van der Waals surface area contributed by atoms with Crippen LogP contribution >= 0.6 is 23.2 Å². The molecule has 2 aromatic rings. The van der Waals surface area contributed by atoms with Crippen LogP contribution < -0.4 is 5.32 Å². The third kappa shape index (κ3) is 3.37. The number of hydrogen-bond donors (Lipinski definition) is 1. The molecular weight excluding hydrogens is 286 g/mol. The van der Waals surface area contributed by atoms with Gasteiger partial charge < -0.3 is 5.32 Å². The van der Waals surface area contributed by atoms with Gasteiger partial charge in [-0.1, -0.05) is 29.3 Å². The van der Waals surface area contributed by atoms with Gasteiger partial charge >= 0.3 is 0 Å². The molecule has 0 aromatic heterocycles. The van der Waals surface area contributed by atoms with Gasteiger partial charge in [-0.2, -0.15) is 5.26 Å². The lowest BCUT2D eigenvalue weighted by Gasteiger charge is -2.14. The minimum Gasteiger partial charge on any atom is -0.366 e. The molecule has 0 bridgehead atoms. The standard InChI is InChI=1S/C14H9Cl2FN2/c15-9-2-1-3-11(6-9)19-14(8-18)12-7-10(16)4-5-13(12)17/h1-7,14,19H. The Labute approximate surface area is 120 Å². The second kappa shape index (κ2) is 5.92. The van der Waals surface area contributed by atoms with Crippen LogP contribution in [0.1, 0.15) is 11.6 Å². The van der Waals surface area contributed by atoms with Crippen LogP contribution in [0.2, 0.25) is 10.0 Å². The molecule has 0 radical (unpaired) electrons. The van der Waals surface area contributed by atoms with Gasteiger partial charge in [0.1, 0.15) is 11.9 Å². The van der Waals surface area contributed by atoms with E-state index in [9.17, 15) is 9.65 Å². The molecule has 0 fully saturated rings. The molecule has 0 saturated heterocycles. The lowest BCUT2D eigenvalue weighted by Crippen LogP contribution is -2.10. The van der Waals surface area contributed by atoms with E-state index in [0.29, 0.717) is 15.7 Å². The Morgan fingerprint density at radius 3 is 2.53 bits per heavy atom. The third-order valence-electron chi connectivity index (χ3n) is 2.53. The summed E-state index contributed by atoms with van der Waals surface area (Å²) < 4.78 is 13.7. The van der Waals surface area contributed by atoms with E-state index in [1.54, 1.807) is 24.3 Å². The van der Waals surface area contributed by atoms with Crippen molar-refractivity contribution in [1.29, 1.82) is 5.26 Å². The van der Waals surface area contributed by atoms with Gasteiger partial charge in [-0.05, 0) is 36.4 Å². The number of rotatable bonds is 3. The minimum atomic E-state index is -0.836. The average Bonchev–Trinajstić information content (AvgIpc) is 2.39. The van der Waals surface area contributed by atoms with Crippen molar-refractivity contribution < 1.29 is 4.39 Å². The molecule has 2 nitrogen and oxygen atoms in total. The second-order valence-corrected chi connectivity index (χ2v) is 4.76. The van der Waals surface area contributed by atoms with E-state index in [4.69, 9.17) is 23.2 Å². The van der Waals surface area contributed by atoms with Crippen molar-refractivity contribution in [1.82, 2.24) is 0 Å². The van der Waals surface area contributed by atoms with Gasteiger partial charge in [-0.3, -0.25) is 0 Å². The SMILES string of the molecule is N#CC(Nc1cccc(Cl)c1)c1cc(Cl)ccc1F. The number of halogens is 3. The van der Waals surface area contributed by atoms with Crippen LogP contribution in [0, 0.1) is 17.1 Å². The Morgan fingerprint density at radius 1 is 1.11 bits per heavy atom. The molecule has 1 N–H and O–H groups in total. The predicted molar refractivity (Wildman–Crippen MR) is 74.8 cm³/mol. The van der Waals surface area contributed by atoms with Crippen molar-refractivity contribution in [3.63, 3.8) is 0 Å². The largest absolute Gasteiger partial charge is 0.366 e. The number of hydrogen-bond acceptors (Lipinski definition) is 2. The maximum absolute atomic E-state index is 13.7. The maximum Gasteiger partial charge on any atom is 0.143 e. The van der Waals surface area contributed by atoms with E-state index < -0.39 is 11.9 Å². The second-order valence-electron chi connectivity index (χ2n) is 3.88. The van der Waals surface area contributed by atoms with Gasteiger partial charge in [0.05, 0.1) is 6.07 Å². The number of nitrogens with one attached hydrogen (secondary N) is 1. The Balaban J connectivity index is 2.31. The van der Waals surface area contributed by atoms with Crippen molar-refractivity contribution >= 4 is 28.9 Å². The first-order chi connectivity index (χ1) is 9.10. The highest BCUT2D eigenvalue weighted by atomic mass is 35.5. The molecule has 2 aromatic carbocycles. The fourth-order valence-corrected chi connectivity index (χ4v) is 2.03. The summed E-state index contributed by atoms with van der Waals surface area (Å²) in [6.07, 6.45) is 0. The highest BCUT2D eigenvalue weighted by Gasteiger charge is 2.15. The van der Waals surface area contributed by atoms with Crippen molar-refractivity contribution in [3.8, 4) is 6.07 Å². The van der Waals surface area contributed by atoms with E-state index in [2.05, 4.69) is 5.32 Å². The van der Waals surface area contributed by atoms with Gasteiger partial charge in [-0.15, -0.1) is 0 Å². The van der Waals surface area contributed by atoms with Crippen LogP contribution in [0.5, 0.6) is 0 Å². The first kappa shape index (κ1) is 13.7. The maximum atomic E-state index is 13.7. The molecule has 0 amide bonds. The minimum absolute atomic E-state index is 0.204. The number of nitriles is 1. The highest BCUT2D eigenvalue weighted by molar-refractivity contribution is 6.31. The fourth-order valence-electron chi connectivity index (χ4n) is 1.66. The topological polar surface area (TPSA) is 35.8 Å². The Kier molecular flexibility index (Phi) is 4.26. The van der Waals surface area contributed by atoms with Crippen LogP contribution in [0.4, 0.5) is 10.1 Å². The molecule has 0 aliphatic heterocycles. The molecule has 1 atom stereocenters. The third-order valence-corrected chi connectivity index (χ3v) is 3.00. The summed E-state index contributed by atoms with van der Waals surface area (Å²) in [5.74, 6) is -0.481. The van der Waals surface area contributed by atoms with Crippen molar-refractivity contribution in [2.75, 3.05) is 5.32 Å². The Bertz CT molecular complexity index is 638. The Morgan fingerprint density at radius 2 is 1.84 bits per heavy atom. The molecule has 5 heteroatoms. The van der Waals surface area contributed by atoms with Crippen LogP contribution in [-0.2, 0) is 0 Å². The molecule has 19 heavy (non-hydrogen) atoms. The van der Waals surface area contributed by atoms with Crippen LogP contribution in [-0.4, -0.2) is 0 Å². The van der Waals surface area contributed by atoms with E-state index >= 15 is 0 Å². The van der Waals surface area contributed by atoms with E-state index in [1.165, 1.54) is 18.2 Å². The number of anilines is 1. The summed E-state index contributed by atoms with van der Waals surface area (Å²) in [4.78, 5) is 0. The smallest absolute Gasteiger partial charge is 0.143 e. The van der Waals surface area contributed by atoms with Crippen molar-refractivity contribution in [3.05, 3.63) is 63.9 Å². The fraction of sp³-hybridized carbons (Fsp3) is 0.0714. The zero-order valence-electron chi connectivity index (χ0n) is 9.70. The molecule has 0 aliphatic carbocycles. The molecular formula is C14H9Cl2FN2. The molecule has 96 valence electrons. The number of nitrogens with zero attached hydrogens (tertiary/aromatic N) is 1. The van der Waals surface area contributed by atoms with E-state index in [-0.39, 0.29) is 5.56 Å². The van der Waals surface area contributed by atoms with Gasteiger partial charge in [-0.25, -0.2) is 4.39 Å². The first-order valence-corrected chi connectivity index (χ1v) is 6.22. The first-order valence-electron chi connectivity index (χ1n) is 5.47. The van der Waals surface area contributed by atoms with Gasteiger partial charge in [0.15, 0.2) is 0 Å². The average molecular weight is 295 g/mol. The van der Waals surface area contributed by atoms with Crippen molar-refractivity contribution in [2.45, 2.75) is 6.04 Å². The summed E-state index contributed by atoms with van der Waals surface area (Å²) in [6, 6.07) is 12.1. The van der Waals surface area contributed by atoms with Crippen molar-refractivity contribution in [2.24, 2.45) is 0 Å². The Hall–Kier alpha value is -1.76. The summed E-state index contributed by atoms with van der Waals surface area (Å²) in [5.41, 5.74) is 0.841. The zero-order chi connectivity index (χ0) is 13.8. The molecule has 2 rings (SSSR count). The number of benzene rings is 2. The van der Waals surface area contributed by atoms with Gasteiger partial charge in [0.2, 0.25) is 0 Å². The quantitative estimate of drug-likeness (QED) is 0.882. The predicted octanol–water partition coefficient (Wildman–Crippen LogP) is 4.81. The summed E-state index contributed by atoms with van der Waals surface area (Å²) in [6.45, 7) is 0. The van der Waals surface area contributed by atoms with E-state index in [0.717, 1.165) is 0 Å². The lowest BCUT2D eigenvalue weighted by molar-refractivity contribution is 0.607. The lowest BCUT2D eigenvalue weighted by atomic mass is 10.1. The molecule has 0 saturated carbocycles. The molecule has 1 unspecified atom stereocenters. The van der Waals surface area contributed by atoms with Crippen LogP contribution in [0.25, 0.3) is 0 Å². The summed E-state index contributed by atoms with van der Waals surface area (Å²) in [5, 5.41) is 13.0. The molecule has 0 heterocycles. The van der Waals surface area contributed by atoms with Gasteiger partial charge in [0, 0.05) is 21.3 Å². The zero-order valence-corrected chi connectivity index (χ0v) is 11.2. The summed E-state index contributed by atoms with van der Waals surface area (Å²) >= 11 is 11.7. The van der Waals surface area contributed by atoms with Crippen LogP contribution in [0.3, 0.4) is 0 Å². The molecule has 0 spiro atoms. The molecule has 0 aliphatic rings. The van der Waals surface area contributed by atoms with Gasteiger partial charge in [0.25, 0.3) is 0 Å². The summed E-state index contributed by atoms with van der Waals surface area (Å²) in [7, 11) is 0. The monoisotopic (exact) mass is 294 g/mol. The highest BCUT2D eigenvalue weighted by Crippen LogP contribution is 2.25. The van der Waals surface area contributed by atoms with E-state index in [1.807, 2.05) is 6.07 Å². The normalized spacial score (nSPS) is 11.7. The van der Waals surface area contributed by atoms with Crippen LogP contribution in [0.15, 0.2) is 42.5 Å².